The third kappa shape index (κ3) is 3.86. The Labute approximate surface area is 153 Å². The lowest BCUT2D eigenvalue weighted by Crippen LogP contribution is -2.28. The van der Waals surface area contributed by atoms with Crippen LogP contribution in [0.1, 0.15) is 27.2 Å². The molecule has 0 unspecified atom stereocenters. The molecule has 2 aromatic heterocycles. The molecule has 3 aromatic rings. The van der Waals surface area contributed by atoms with Gasteiger partial charge < -0.3 is 4.90 Å². The van der Waals surface area contributed by atoms with E-state index in [0.29, 0.717) is 5.56 Å². The Morgan fingerprint density at radius 3 is 2.37 bits per heavy atom. The normalized spacial score (nSPS) is 11.6. The fraction of sp³-hybridized carbons (Fsp3) is 0.278. The second-order valence-corrected chi connectivity index (χ2v) is 6.34. The van der Waals surface area contributed by atoms with Gasteiger partial charge in [0.25, 0.3) is 5.91 Å². The monoisotopic (exact) mass is 377 g/mol. The zero-order valence-electron chi connectivity index (χ0n) is 15.0. The smallest absolute Gasteiger partial charge is 0.337 e. The Morgan fingerprint density at radius 2 is 1.81 bits per heavy atom. The summed E-state index contributed by atoms with van der Waals surface area (Å²) in [6.45, 7) is 1.97. The molecule has 27 heavy (non-hydrogen) atoms. The summed E-state index contributed by atoms with van der Waals surface area (Å²) >= 11 is 0. The van der Waals surface area contributed by atoms with E-state index in [4.69, 9.17) is 0 Å². The van der Waals surface area contributed by atoms with Crippen molar-refractivity contribution in [2.45, 2.75) is 19.6 Å². The molecule has 6 nitrogen and oxygen atoms in total. The molecule has 0 radical (unpaired) electrons. The predicted octanol–water partition coefficient (Wildman–Crippen LogP) is 3.21. The van der Waals surface area contributed by atoms with Crippen molar-refractivity contribution in [3.63, 3.8) is 0 Å². The van der Waals surface area contributed by atoms with Crippen molar-refractivity contribution in [2.24, 2.45) is 7.05 Å². The molecule has 0 atom stereocenters. The van der Waals surface area contributed by atoms with Gasteiger partial charge in [-0.3, -0.25) is 9.48 Å². The number of alkyl halides is 3. The highest BCUT2D eigenvalue weighted by Gasteiger charge is 2.41. The highest BCUT2D eigenvalue weighted by Crippen LogP contribution is 2.34. The van der Waals surface area contributed by atoms with E-state index in [1.54, 1.807) is 36.3 Å². The molecule has 0 aliphatic carbocycles. The maximum absolute atomic E-state index is 13.7. The first kappa shape index (κ1) is 18.7. The van der Waals surface area contributed by atoms with Crippen LogP contribution in [0, 0.1) is 6.92 Å². The van der Waals surface area contributed by atoms with E-state index in [1.807, 2.05) is 6.92 Å². The number of nitrogens with zero attached hydrogens (tertiary/aromatic N) is 5. The van der Waals surface area contributed by atoms with Crippen molar-refractivity contribution in [1.29, 1.82) is 0 Å². The second kappa shape index (κ2) is 6.90. The second-order valence-electron chi connectivity index (χ2n) is 6.34. The van der Waals surface area contributed by atoms with Crippen LogP contribution in [0.3, 0.4) is 0 Å². The fourth-order valence-electron chi connectivity index (χ4n) is 2.76. The molecule has 0 aliphatic rings. The number of hydrogen-bond donors (Lipinski definition) is 0. The summed E-state index contributed by atoms with van der Waals surface area (Å²) in [7, 11) is 3.16. The van der Waals surface area contributed by atoms with Crippen LogP contribution in [0.5, 0.6) is 0 Å². The summed E-state index contributed by atoms with van der Waals surface area (Å²) in [5.74, 6) is -0.760. The summed E-state index contributed by atoms with van der Waals surface area (Å²) in [5.41, 5.74) is 0.283. The van der Waals surface area contributed by atoms with Gasteiger partial charge in [-0.2, -0.15) is 23.4 Å². The third-order valence-corrected chi connectivity index (χ3v) is 4.07. The first-order valence-corrected chi connectivity index (χ1v) is 8.12. The highest BCUT2D eigenvalue weighted by molar-refractivity contribution is 5.95. The summed E-state index contributed by atoms with van der Waals surface area (Å²) < 4.78 is 43.5. The number of aromatic nitrogens is 4. The van der Waals surface area contributed by atoms with Crippen LogP contribution in [0.25, 0.3) is 5.69 Å². The lowest BCUT2D eigenvalue weighted by Gasteiger charge is -2.18. The Bertz CT molecular complexity index is 956. The van der Waals surface area contributed by atoms with Gasteiger partial charge in [-0.15, -0.1) is 0 Å². The summed E-state index contributed by atoms with van der Waals surface area (Å²) in [6.07, 6.45) is -0.513. The van der Waals surface area contributed by atoms with Gasteiger partial charge in [0.2, 0.25) is 0 Å². The van der Waals surface area contributed by atoms with Crippen LogP contribution >= 0.6 is 0 Å². The standard InChI is InChI=1S/C18H18F3N5O/c1-12-4-6-14(7-5-12)26-16(18(19,20)21)15(9-23-26)17(27)24(2)10-13-8-22-25(3)11-13/h4-9,11H,10H2,1-3H3. The number of halogens is 3. The summed E-state index contributed by atoms with van der Waals surface area (Å²) in [5, 5.41) is 7.82. The number of hydrogen-bond acceptors (Lipinski definition) is 3. The first-order valence-electron chi connectivity index (χ1n) is 8.12. The molecule has 0 saturated heterocycles. The van der Waals surface area contributed by atoms with E-state index in [9.17, 15) is 18.0 Å². The van der Waals surface area contributed by atoms with Gasteiger partial charge in [-0.1, -0.05) is 17.7 Å². The molecule has 1 amide bonds. The van der Waals surface area contributed by atoms with Crippen LogP contribution in [0.4, 0.5) is 13.2 Å². The molecule has 0 spiro atoms. The van der Waals surface area contributed by atoms with E-state index in [1.165, 1.54) is 24.1 Å². The molecule has 0 fully saturated rings. The van der Waals surface area contributed by atoms with Crippen molar-refractivity contribution in [3.05, 3.63) is 65.2 Å². The lowest BCUT2D eigenvalue weighted by atomic mass is 10.2. The van der Waals surface area contributed by atoms with E-state index >= 15 is 0 Å². The molecule has 0 N–H and O–H groups in total. The number of aryl methyl sites for hydroxylation is 2. The molecular weight excluding hydrogens is 359 g/mol. The molecule has 0 bridgehead atoms. The molecule has 1 aromatic carbocycles. The van der Waals surface area contributed by atoms with Crippen molar-refractivity contribution in [3.8, 4) is 5.69 Å². The maximum Gasteiger partial charge on any atom is 0.434 e. The van der Waals surface area contributed by atoms with Gasteiger partial charge in [0, 0.05) is 32.4 Å². The Balaban J connectivity index is 1.97. The number of rotatable bonds is 4. The van der Waals surface area contributed by atoms with Crippen LogP contribution in [0.15, 0.2) is 42.9 Å². The zero-order chi connectivity index (χ0) is 19.8. The Hall–Kier alpha value is -3.10. The molecule has 2 heterocycles. The molecule has 9 heteroatoms. The number of benzene rings is 1. The van der Waals surface area contributed by atoms with E-state index in [2.05, 4.69) is 10.2 Å². The maximum atomic E-state index is 13.7. The van der Waals surface area contributed by atoms with Crippen LogP contribution < -0.4 is 0 Å². The number of carbonyl (C=O) groups is 1. The number of carbonyl (C=O) groups excluding carboxylic acids is 1. The largest absolute Gasteiger partial charge is 0.434 e. The van der Waals surface area contributed by atoms with Crippen LogP contribution in [0.2, 0.25) is 0 Å². The van der Waals surface area contributed by atoms with Crippen molar-refractivity contribution < 1.29 is 18.0 Å². The summed E-state index contributed by atoms with van der Waals surface area (Å²) in [6, 6.07) is 6.44. The van der Waals surface area contributed by atoms with Crippen LogP contribution in [-0.4, -0.2) is 37.4 Å². The Kier molecular flexibility index (Phi) is 4.77. The topological polar surface area (TPSA) is 56.0 Å². The van der Waals surface area contributed by atoms with Gasteiger partial charge in [0.1, 0.15) is 0 Å². The number of amides is 1. The van der Waals surface area contributed by atoms with E-state index in [-0.39, 0.29) is 12.2 Å². The van der Waals surface area contributed by atoms with Crippen molar-refractivity contribution in [1.82, 2.24) is 24.5 Å². The average molecular weight is 377 g/mol. The SMILES string of the molecule is Cc1ccc(-n2ncc(C(=O)N(C)Cc3cnn(C)c3)c2C(F)(F)F)cc1. The molecule has 0 saturated carbocycles. The van der Waals surface area contributed by atoms with Gasteiger partial charge in [0.15, 0.2) is 5.69 Å². The molecular formula is C18H18F3N5O. The van der Waals surface area contributed by atoms with Crippen molar-refractivity contribution >= 4 is 5.91 Å². The van der Waals surface area contributed by atoms with Gasteiger partial charge in [-0.05, 0) is 19.1 Å². The molecule has 0 aliphatic heterocycles. The van der Waals surface area contributed by atoms with Gasteiger partial charge in [0.05, 0.1) is 23.6 Å². The highest BCUT2D eigenvalue weighted by atomic mass is 19.4. The average Bonchev–Trinajstić information content (AvgIpc) is 3.21. The van der Waals surface area contributed by atoms with E-state index < -0.39 is 23.3 Å². The van der Waals surface area contributed by atoms with Gasteiger partial charge in [-0.25, -0.2) is 4.68 Å². The summed E-state index contributed by atoms with van der Waals surface area (Å²) in [4.78, 5) is 13.9. The lowest BCUT2D eigenvalue weighted by molar-refractivity contribution is -0.143. The van der Waals surface area contributed by atoms with Crippen molar-refractivity contribution in [2.75, 3.05) is 7.05 Å². The first-order chi connectivity index (χ1) is 12.7. The zero-order valence-corrected chi connectivity index (χ0v) is 15.0. The quantitative estimate of drug-likeness (QED) is 0.702. The third-order valence-electron chi connectivity index (χ3n) is 4.07. The Morgan fingerprint density at radius 1 is 1.15 bits per heavy atom. The minimum atomic E-state index is -4.73. The van der Waals surface area contributed by atoms with E-state index in [0.717, 1.165) is 16.4 Å². The van der Waals surface area contributed by atoms with Gasteiger partial charge >= 0.3 is 6.18 Å². The molecule has 142 valence electrons. The van der Waals surface area contributed by atoms with Crippen LogP contribution in [-0.2, 0) is 19.8 Å². The minimum absolute atomic E-state index is 0.139. The predicted molar refractivity (Wildman–Crippen MR) is 92.3 cm³/mol. The molecule has 3 rings (SSSR count). The fourth-order valence-corrected chi connectivity index (χ4v) is 2.76. The minimum Gasteiger partial charge on any atom is -0.337 e.